The molecule has 12 atom stereocenters. The van der Waals surface area contributed by atoms with Crippen molar-refractivity contribution in [2.45, 2.75) is 145 Å². The number of unbranched alkanes of at least 4 members (excludes halogenated alkanes) is 3. The molecular weight excluding hydrogens is 720 g/mol. The molecule has 314 valence electrons. The molecule has 0 bridgehead atoms. The van der Waals surface area contributed by atoms with Gasteiger partial charge >= 0.3 is 184 Å². The zero-order valence-electron chi connectivity index (χ0n) is 35.7. The first kappa shape index (κ1) is 45.4. The molecule has 2 aliphatic heterocycles. The van der Waals surface area contributed by atoms with Gasteiger partial charge in [-0.25, -0.2) is 0 Å². The SMILES string of the molecule is B[PH]1(O)OC[C@H]2O[C@@H](n3cnc4c(=O)[nH]c(N)nc43)[C@@H](OC(=O)NCCCCCCNC(C)(C(C)C(C)C(C)C(C)CC)C(C)C(C)C(C)C(C)CC)[C@H]2O1. The molecule has 2 saturated heterocycles. The number of rotatable bonds is 20. The molecule has 0 radical (unpaired) electrons. The van der Waals surface area contributed by atoms with Crippen molar-refractivity contribution >= 4 is 38.6 Å². The van der Waals surface area contributed by atoms with E-state index in [9.17, 15) is 14.5 Å². The molecule has 6 N–H and O–H groups in total. The summed E-state index contributed by atoms with van der Waals surface area (Å²) in [6.07, 6.45) is 3.66. The van der Waals surface area contributed by atoms with E-state index in [0.29, 0.717) is 53.9 Å². The van der Waals surface area contributed by atoms with E-state index in [4.69, 9.17) is 24.3 Å². The van der Waals surface area contributed by atoms with Crippen molar-refractivity contribution in [3.63, 3.8) is 0 Å². The summed E-state index contributed by atoms with van der Waals surface area (Å²) in [6.45, 7) is 28.1. The number of nitrogens with zero attached hydrogens (tertiary/aromatic N) is 3. The van der Waals surface area contributed by atoms with E-state index in [2.05, 4.69) is 102 Å². The van der Waals surface area contributed by atoms with Crippen LogP contribution in [0.25, 0.3) is 11.2 Å². The number of imidazole rings is 1. The van der Waals surface area contributed by atoms with Gasteiger partial charge in [0, 0.05) is 5.54 Å². The summed E-state index contributed by atoms with van der Waals surface area (Å²) >= 11 is 0. The van der Waals surface area contributed by atoms with E-state index in [1.165, 1.54) is 31.3 Å². The van der Waals surface area contributed by atoms with Crippen LogP contribution in [0, 0.1) is 47.3 Å². The van der Waals surface area contributed by atoms with Crippen molar-refractivity contribution in [2.75, 3.05) is 25.4 Å². The third-order valence-electron chi connectivity index (χ3n) is 14.2. The number of aromatic nitrogens is 4. The van der Waals surface area contributed by atoms with Gasteiger partial charge in [0.05, 0.1) is 0 Å². The standard InChI is InChI=1S/C39H73BN7O7P/c1-12-22(3)24(5)26(7)28(9)39(11,29(10)27(8)25(6)23(4)13-2)44-19-17-15-14-16-18-42-38(49)53-33-32-30(20-51-55(40,50)54-32)52-36(33)47-21-43-31-34(47)45-37(41)46-35(31)48/h21-30,32-33,36,44,50,55H,12-20,40H2,1-11H3,(H,42,49)(H3,41,45,46,48)/t22?,23?,24?,25?,26?,27?,28?,29?,30-,32+,33+,36-,39?/m1/s1. The zero-order valence-corrected chi connectivity index (χ0v) is 36.7. The quantitative estimate of drug-likeness (QED) is 0.0605. The van der Waals surface area contributed by atoms with Crippen LogP contribution in [0.4, 0.5) is 10.7 Å². The number of nitrogens with one attached hydrogen (secondary N) is 3. The predicted octanol–water partition coefficient (Wildman–Crippen LogP) is 5.96. The van der Waals surface area contributed by atoms with Gasteiger partial charge < -0.3 is 5.32 Å². The van der Waals surface area contributed by atoms with Gasteiger partial charge in [-0.1, -0.05) is 82.1 Å². The first-order valence-corrected chi connectivity index (χ1v) is 23.2. The minimum absolute atomic E-state index is 0.0000749. The second-order valence-electron chi connectivity index (χ2n) is 17.3. The number of nitrogen functional groups attached to an aromatic ring is 1. The molecule has 14 nitrogen and oxygen atoms in total. The molecule has 0 saturated carbocycles. The minimum atomic E-state index is -3.47. The van der Waals surface area contributed by atoms with Gasteiger partial charge in [-0.2, -0.15) is 0 Å². The number of H-pyrrole nitrogens is 1. The second kappa shape index (κ2) is 19.4. The van der Waals surface area contributed by atoms with Gasteiger partial charge in [0.2, 0.25) is 0 Å². The third-order valence-corrected chi connectivity index (χ3v) is 15.6. The van der Waals surface area contributed by atoms with Crippen LogP contribution >= 0.6 is 7.82 Å². The Morgan fingerprint density at radius 3 is 2.20 bits per heavy atom. The summed E-state index contributed by atoms with van der Waals surface area (Å²) < 4.78 is 25.0. The molecule has 8 unspecified atom stereocenters. The number of anilines is 1. The van der Waals surface area contributed by atoms with Crippen molar-refractivity contribution in [3.8, 4) is 0 Å². The number of alkyl carbamates (subject to hydrolysis) is 1. The third kappa shape index (κ3) is 10.6. The number of carbonyl (C=O) groups excluding carboxylic acids is 1. The van der Waals surface area contributed by atoms with Crippen LogP contribution in [0.3, 0.4) is 0 Å². The molecule has 16 heteroatoms. The Morgan fingerprint density at radius 1 is 1.04 bits per heavy atom. The summed E-state index contributed by atoms with van der Waals surface area (Å²) in [6, 6.07) is 0. The van der Waals surface area contributed by atoms with Crippen LogP contribution in [-0.4, -0.2) is 81.6 Å². The molecule has 2 aromatic heterocycles. The predicted molar refractivity (Wildman–Crippen MR) is 223 cm³/mol. The molecule has 2 fully saturated rings. The first-order valence-electron chi connectivity index (χ1n) is 21.0. The molecule has 2 aromatic rings. The molecule has 0 aliphatic carbocycles. The van der Waals surface area contributed by atoms with Crippen molar-refractivity contribution < 1.29 is 28.2 Å². The summed E-state index contributed by atoms with van der Waals surface area (Å²) in [4.78, 5) is 47.1. The van der Waals surface area contributed by atoms with Crippen molar-refractivity contribution in [3.05, 3.63) is 16.7 Å². The fourth-order valence-electron chi connectivity index (χ4n) is 8.82. The molecule has 0 aromatic carbocycles. The number of hydrogen-bond acceptors (Lipinski definition) is 11. The van der Waals surface area contributed by atoms with Gasteiger partial charge in [0.25, 0.3) is 0 Å². The molecule has 0 spiro atoms. The summed E-state index contributed by atoms with van der Waals surface area (Å²) in [5.74, 6) is 4.81. The number of hydrogen-bond donors (Lipinski definition) is 5. The fraction of sp³-hybridized carbons (Fsp3) is 0.846. The van der Waals surface area contributed by atoms with E-state index in [1.807, 2.05) is 0 Å². The summed E-state index contributed by atoms with van der Waals surface area (Å²) in [5, 5.41) is 7.00. The van der Waals surface area contributed by atoms with Crippen molar-refractivity contribution in [1.82, 2.24) is 30.2 Å². The molecule has 55 heavy (non-hydrogen) atoms. The Hall–Kier alpha value is -2.29. The maximum absolute atomic E-state index is 13.2. The normalized spacial score (nSPS) is 27.1. The topological polar surface area (TPSA) is 188 Å². The Labute approximate surface area is 330 Å². The monoisotopic (exact) mass is 794 g/mol. The maximum atomic E-state index is 13.2. The average Bonchev–Trinajstić information content (AvgIpc) is 3.73. The molecule has 4 heterocycles. The number of amides is 1. The molecule has 1 amide bonds. The van der Waals surface area contributed by atoms with E-state index >= 15 is 0 Å². The first-order chi connectivity index (χ1) is 25.9. The van der Waals surface area contributed by atoms with Crippen LogP contribution in [0.15, 0.2) is 11.1 Å². The van der Waals surface area contributed by atoms with Crippen LogP contribution in [0.5, 0.6) is 0 Å². The van der Waals surface area contributed by atoms with Crippen LogP contribution in [-0.2, 0) is 18.5 Å². The van der Waals surface area contributed by atoms with Crippen molar-refractivity contribution in [2.24, 2.45) is 47.3 Å². The van der Waals surface area contributed by atoms with Gasteiger partial charge in [-0.15, -0.1) is 0 Å². The van der Waals surface area contributed by atoms with E-state index in [-0.39, 0.29) is 29.3 Å². The number of nitrogens with two attached hydrogens (primary N) is 1. The summed E-state index contributed by atoms with van der Waals surface area (Å²) in [5.41, 5.74) is 5.55. The molecular formula is C39H73BN7O7P. The van der Waals surface area contributed by atoms with E-state index in [0.717, 1.165) is 32.2 Å². The zero-order chi connectivity index (χ0) is 40.8. The van der Waals surface area contributed by atoms with Gasteiger partial charge in [-0.3, -0.25) is 0 Å². The van der Waals surface area contributed by atoms with Crippen LogP contribution in [0.1, 0.15) is 121 Å². The molecule has 2 aliphatic rings. The summed E-state index contributed by atoms with van der Waals surface area (Å²) in [7, 11) is -1.97. The van der Waals surface area contributed by atoms with Crippen LogP contribution in [0.2, 0.25) is 0 Å². The average molecular weight is 794 g/mol. The Morgan fingerprint density at radius 2 is 1.62 bits per heavy atom. The number of aromatic amines is 1. The second-order valence-corrected chi connectivity index (χ2v) is 19.7. The number of fused-ring (bicyclic) bond motifs is 2. The van der Waals surface area contributed by atoms with Gasteiger partial charge in [-0.05, 0) is 54.3 Å². The Kier molecular flexibility index (Phi) is 16.1. The Bertz CT molecular complexity index is 1570. The van der Waals surface area contributed by atoms with Crippen molar-refractivity contribution in [1.29, 1.82) is 0 Å². The Balaban J connectivity index is 1.32. The number of carbonyl (C=O) groups is 1. The number of ether oxygens (including phenoxy) is 2. The molecule has 4 rings (SSSR count). The van der Waals surface area contributed by atoms with Gasteiger partial charge in [0.15, 0.2) is 0 Å². The fourth-order valence-corrected chi connectivity index (χ4v) is 10.2. The van der Waals surface area contributed by atoms with E-state index in [1.54, 1.807) is 0 Å². The van der Waals surface area contributed by atoms with E-state index < -0.39 is 44.0 Å². The van der Waals surface area contributed by atoms with Gasteiger partial charge in [0.1, 0.15) is 0 Å². The van der Waals surface area contributed by atoms with Crippen LogP contribution < -0.4 is 21.9 Å².